The molecule has 1 aliphatic rings. The molecule has 0 aromatic heterocycles. The molecule has 1 aliphatic heterocycles. The second-order valence-corrected chi connectivity index (χ2v) is 5.63. The van der Waals surface area contributed by atoms with Gasteiger partial charge in [0.15, 0.2) is 18.1 Å². The van der Waals surface area contributed by atoms with E-state index in [1.54, 1.807) is 12.0 Å². The van der Waals surface area contributed by atoms with Crippen LogP contribution in [0.5, 0.6) is 17.2 Å². The van der Waals surface area contributed by atoms with Gasteiger partial charge in [0, 0.05) is 0 Å². The summed E-state index contributed by atoms with van der Waals surface area (Å²) in [6.45, 7) is 4.65. The number of carbonyl (C=O) groups is 1. The second kappa shape index (κ2) is 7.75. The number of benzene rings is 2. The predicted octanol–water partition coefficient (Wildman–Crippen LogP) is 3.23. The van der Waals surface area contributed by atoms with Crippen LogP contribution < -0.4 is 19.1 Å². The number of rotatable bonds is 6. The van der Waals surface area contributed by atoms with Crippen LogP contribution in [0.2, 0.25) is 0 Å². The molecule has 3 rings (SSSR count). The van der Waals surface area contributed by atoms with Crippen LogP contribution >= 0.6 is 0 Å². The van der Waals surface area contributed by atoms with E-state index >= 15 is 0 Å². The lowest BCUT2D eigenvalue weighted by Gasteiger charge is -2.29. The van der Waals surface area contributed by atoms with E-state index < -0.39 is 0 Å². The molecule has 0 fully saturated rings. The molecular formula is C20H21NO4. The fourth-order valence-electron chi connectivity index (χ4n) is 2.77. The number of hydrogen-bond donors (Lipinski definition) is 0. The van der Waals surface area contributed by atoms with Gasteiger partial charge in [-0.3, -0.25) is 4.79 Å². The van der Waals surface area contributed by atoms with Gasteiger partial charge >= 0.3 is 0 Å². The average molecular weight is 339 g/mol. The summed E-state index contributed by atoms with van der Waals surface area (Å²) in [5, 5.41) is 0. The first-order chi connectivity index (χ1) is 12.2. The fourth-order valence-corrected chi connectivity index (χ4v) is 2.77. The number of carbonyl (C=O) groups excluding carboxylic acids is 1. The molecule has 0 radical (unpaired) electrons. The molecule has 5 nitrogen and oxygen atoms in total. The van der Waals surface area contributed by atoms with Gasteiger partial charge in [0.1, 0.15) is 12.4 Å². The second-order valence-electron chi connectivity index (χ2n) is 5.63. The summed E-state index contributed by atoms with van der Waals surface area (Å²) in [4.78, 5) is 14.3. The van der Waals surface area contributed by atoms with Crippen LogP contribution in [-0.2, 0) is 11.2 Å². The summed E-state index contributed by atoms with van der Waals surface area (Å²) >= 11 is 0. The first-order valence-electron chi connectivity index (χ1n) is 8.15. The Morgan fingerprint density at radius 1 is 1.28 bits per heavy atom. The normalized spacial score (nSPS) is 12.8. The maximum atomic E-state index is 12.6. The molecule has 0 saturated carbocycles. The highest BCUT2D eigenvalue weighted by Crippen LogP contribution is 2.32. The molecule has 0 atom stereocenters. The molecule has 1 amide bonds. The van der Waals surface area contributed by atoms with Crippen LogP contribution in [0, 0.1) is 0 Å². The Morgan fingerprint density at radius 2 is 2.12 bits per heavy atom. The minimum Gasteiger partial charge on any atom is -0.493 e. The number of allylic oxidation sites excluding steroid dienone is 1. The van der Waals surface area contributed by atoms with Crippen LogP contribution in [0.25, 0.3) is 0 Å². The van der Waals surface area contributed by atoms with Gasteiger partial charge in [0.25, 0.3) is 5.91 Å². The van der Waals surface area contributed by atoms with E-state index in [0.717, 1.165) is 17.7 Å². The number of amides is 1. The van der Waals surface area contributed by atoms with Crippen molar-refractivity contribution in [3.63, 3.8) is 0 Å². The van der Waals surface area contributed by atoms with E-state index in [2.05, 4.69) is 6.58 Å². The molecule has 2 aromatic rings. The summed E-state index contributed by atoms with van der Waals surface area (Å²) in [5.41, 5.74) is 1.85. The van der Waals surface area contributed by atoms with Crippen molar-refractivity contribution in [3.8, 4) is 17.2 Å². The molecule has 0 spiro atoms. The molecule has 0 N–H and O–H groups in total. The third-order valence-electron chi connectivity index (χ3n) is 3.99. The largest absolute Gasteiger partial charge is 0.493 e. The van der Waals surface area contributed by atoms with Gasteiger partial charge < -0.3 is 19.1 Å². The monoisotopic (exact) mass is 339 g/mol. The van der Waals surface area contributed by atoms with Gasteiger partial charge in [-0.05, 0) is 36.2 Å². The SMILES string of the molecule is C=CCc1ccc(OCC(=O)N2CCOc3ccccc32)c(OC)c1. The Labute approximate surface area is 147 Å². The molecule has 0 aliphatic carbocycles. The lowest BCUT2D eigenvalue weighted by molar-refractivity contribution is -0.120. The topological polar surface area (TPSA) is 48.0 Å². The van der Waals surface area contributed by atoms with E-state index in [0.29, 0.717) is 30.4 Å². The zero-order valence-corrected chi connectivity index (χ0v) is 14.2. The van der Waals surface area contributed by atoms with Crippen molar-refractivity contribution in [3.05, 3.63) is 60.7 Å². The van der Waals surface area contributed by atoms with Gasteiger partial charge in [-0.15, -0.1) is 6.58 Å². The first-order valence-corrected chi connectivity index (χ1v) is 8.15. The third-order valence-corrected chi connectivity index (χ3v) is 3.99. The smallest absolute Gasteiger partial charge is 0.265 e. The highest BCUT2D eigenvalue weighted by molar-refractivity contribution is 5.96. The maximum absolute atomic E-state index is 12.6. The zero-order valence-electron chi connectivity index (χ0n) is 14.2. The molecule has 130 valence electrons. The Morgan fingerprint density at radius 3 is 2.92 bits per heavy atom. The highest BCUT2D eigenvalue weighted by Gasteiger charge is 2.23. The Bertz CT molecular complexity index is 772. The van der Waals surface area contributed by atoms with Gasteiger partial charge in [0.05, 0.1) is 19.3 Å². The lowest BCUT2D eigenvalue weighted by atomic mass is 10.1. The highest BCUT2D eigenvalue weighted by atomic mass is 16.5. The van der Waals surface area contributed by atoms with E-state index in [-0.39, 0.29) is 12.5 Å². The number of fused-ring (bicyclic) bond motifs is 1. The number of nitrogens with zero attached hydrogens (tertiary/aromatic N) is 1. The van der Waals surface area contributed by atoms with E-state index in [9.17, 15) is 4.79 Å². The van der Waals surface area contributed by atoms with Crippen LogP contribution in [0.15, 0.2) is 55.1 Å². The molecular weight excluding hydrogens is 318 g/mol. The van der Waals surface area contributed by atoms with Gasteiger partial charge in [-0.2, -0.15) is 0 Å². The Kier molecular flexibility index (Phi) is 5.23. The molecule has 0 bridgehead atoms. The molecule has 0 saturated heterocycles. The number of anilines is 1. The summed E-state index contributed by atoms with van der Waals surface area (Å²) < 4.78 is 16.6. The number of hydrogen-bond acceptors (Lipinski definition) is 4. The molecule has 2 aromatic carbocycles. The molecule has 0 unspecified atom stereocenters. The fraction of sp³-hybridized carbons (Fsp3) is 0.250. The minimum atomic E-state index is -0.118. The summed E-state index contributed by atoms with van der Waals surface area (Å²) in [6.07, 6.45) is 2.58. The standard InChI is InChI=1S/C20H21NO4/c1-3-6-15-9-10-18(19(13-15)23-2)25-14-20(22)21-11-12-24-17-8-5-4-7-16(17)21/h3-5,7-10,13H,1,6,11-12,14H2,2H3. The van der Waals surface area contributed by atoms with E-state index in [1.807, 2.05) is 48.5 Å². The van der Waals surface area contributed by atoms with Crippen molar-refractivity contribution in [1.82, 2.24) is 0 Å². The van der Waals surface area contributed by atoms with Gasteiger partial charge in [-0.25, -0.2) is 0 Å². The van der Waals surface area contributed by atoms with Crippen LogP contribution in [0.3, 0.4) is 0 Å². The summed E-state index contributed by atoms with van der Waals surface area (Å²) in [6, 6.07) is 13.2. The average Bonchev–Trinajstić information content (AvgIpc) is 2.66. The lowest BCUT2D eigenvalue weighted by Crippen LogP contribution is -2.40. The Hall–Kier alpha value is -2.95. The maximum Gasteiger partial charge on any atom is 0.265 e. The summed E-state index contributed by atoms with van der Waals surface area (Å²) in [5.74, 6) is 1.75. The van der Waals surface area contributed by atoms with Crippen molar-refractivity contribution >= 4 is 11.6 Å². The quantitative estimate of drug-likeness (QED) is 0.758. The van der Waals surface area contributed by atoms with Crippen molar-refractivity contribution in [2.45, 2.75) is 6.42 Å². The first kappa shape index (κ1) is 16.9. The number of para-hydroxylation sites is 2. The van der Waals surface area contributed by atoms with E-state index in [1.165, 1.54) is 0 Å². The van der Waals surface area contributed by atoms with Gasteiger partial charge in [-0.1, -0.05) is 24.3 Å². The van der Waals surface area contributed by atoms with Crippen molar-refractivity contribution in [2.24, 2.45) is 0 Å². The minimum absolute atomic E-state index is 0.0640. The molecule has 25 heavy (non-hydrogen) atoms. The zero-order chi connectivity index (χ0) is 17.6. The summed E-state index contributed by atoms with van der Waals surface area (Å²) in [7, 11) is 1.58. The number of ether oxygens (including phenoxy) is 3. The molecule has 1 heterocycles. The number of methoxy groups -OCH3 is 1. The van der Waals surface area contributed by atoms with Crippen LogP contribution in [0.1, 0.15) is 5.56 Å². The van der Waals surface area contributed by atoms with Crippen LogP contribution in [-0.4, -0.2) is 32.8 Å². The Balaban J connectivity index is 1.70. The van der Waals surface area contributed by atoms with E-state index in [4.69, 9.17) is 14.2 Å². The van der Waals surface area contributed by atoms with Crippen molar-refractivity contribution < 1.29 is 19.0 Å². The third kappa shape index (κ3) is 3.76. The van der Waals surface area contributed by atoms with Crippen molar-refractivity contribution in [2.75, 3.05) is 31.8 Å². The molecule has 5 heteroatoms. The van der Waals surface area contributed by atoms with Crippen molar-refractivity contribution in [1.29, 1.82) is 0 Å². The van der Waals surface area contributed by atoms with Crippen LogP contribution in [0.4, 0.5) is 5.69 Å². The predicted molar refractivity (Wildman–Crippen MR) is 96.7 cm³/mol. The van der Waals surface area contributed by atoms with Gasteiger partial charge in [0.2, 0.25) is 0 Å².